The molecule has 178 valence electrons. The molecule has 4 aromatic carbocycles. The van der Waals surface area contributed by atoms with Crippen LogP contribution in [0.25, 0.3) is 0 Å². The van der Waals surface area contributed by atoms with Crippen molar-refractivity contribution in [3.8, 4) is 0 Å². The van der Waals surface area contributed by atoms with E-state index in [0.717, 1.165) is 18.9 Å². The van der Waals surface area contributed by atoms with Crippen LogP contribution < -0.4 is 21.2 Å². The summed E-state index contributed by atoms with van der Waals surface area (Å²) in [5, 5.41) is 7.69. The first-order valence-corrected chi connectivity index (χ1v) is 13.6. The summed E-state index contributed by atoms with van der Waals surface area (Å²) in [4.78, 5) is 4.31. The van der Waals surface area contributed by atoms with Crippen LogP contribution in [0.2, 0.25) is 0 Å². The van der Waals surface area contributed by atoms with E-state index >= 15 is 0 Å². The van der Waals surface area contributed by atoms with Gasteiger partial charge in [-0.1, -0.05) is 30.3 Å². The number of nitrogens with zero attached hydrogens (tertiary/aromatic N) is 1. The predicted octanol–water partition coefficient (Wildman–Crippen LogP) is 5.92. The molecule has 1 aliphatic rings. The molecule has 1 N–H and O–H groups in total. The van der Waals surface area contributed by atoms with E-state index in [1.54, 1.807) is 0 Å². The third-order valence-electron chi connectivity index (χ3n) is 6.05. The molecule has 0 amide bonds. The van der Waals surface area contributed by atoms with Crippen LogP contribution in [0.4, 0.5) is 0 Å². The standard InChI is InChI=1S/C20H21P.C9H10N2.2BrH/c1-2-21(18-12-6-3-7-13-18,19-14-8-4-9-15-19)20-16-10-5-11-17-20;1-2-4-8(5-3-1)9-10-6-7-11-9;;/h3-17,21H,2H2,1H3;1-5H,6-7H2,(H,10,11);2*1H. The summed E-state index contributed by atoms with van der Waals surface area (Å²) in [5.41, 5.74) is 1.19. The van der Waals surface area contributed by atoms with Crippen LogP contribution >= 0.6 is 41.2 Å². The Balaban J connectivity index is 0.000000267. The van der Waals surface area contributed by atoms with Gasteiger partial charge in [-0.2, -0.15) is 0 Å². The van der Waals surface area contributed by atoms with E-state index in [9.17, 15) is 0 Å². The average molecular weight is 600 g/mol. The van der Waals surface area contributed by atoms with Crippen LogP contribution in [0.3, 0.4) is 0 Å². The number of halogens is 2. The van der Waals surface area contributed by atoms with Crippen molar-refractivity contribution in [1.82, 2.24) is 5.32 Å². The van der Waals surface area contributed by atoms with Crippen LogP contribution in [0, 0.1) is 0 Å². The summed E-state index contributed by atoms with van der Waals surface area (Å²) in [6.45, 7) is 4.22. The quantitative estimate of drug-likeness (QED) is 0.283. The molecule has 5 rings (SSSR count). The van der Waals surface area contributed by atoms with Crippen molar-refractivity contribution < 1.29 is 0 Å². The second-order valence-corrected chi connectivity index (χ2v) is 12.1. The van der Waals surface area contributed by atoms with Gasteiger partial charge in [0, 0.05) is 12.1 Å². The summed E-state index contributed by atoms with van der Waals surface area (Å²) in [6, 6.07) is 43.3. The number of benzene rings is 4. The third-order valence-corrected chi connectivity index (χ3v) is 11.1. The average Bonchev–Trinajstić information content (AvgIpc) is 3.43. The maximum Gasteiger partial charge on any atom is 0.128 e. The molecule has 0 fully saturated rings. The molecule has 5 heteroatoms. The largest absolute Gasteiger partial charge is 0.368 e. The Kier molecular flexibility index (Phi) is 11.7. The van der Waals surface area contributed by atoms with Crippen molar-refractivity contribution in [2.24, 2.45) is 4.99 Å². The zero-order valence-electron chi connectivity index (χ0n) is 19.4. The molecule has 0 spiro atoms. The predicted molar refractivity (Wildman–Crippen MR) is 164 cm³/mol. The zero-order valence-corrected chi connectivity index (χ0v) is 23.9. The molecule has 4 aromatic rings. The smallest absolute Gasteiger partial charge is 0.128 e. The molecule has 0 aromatic heterocycles. The van der Waals surface area contributed by atoms with Crippen molar-refractivity contribution in [1.29, 1.82) is 0 Å². The van der Waals surface area contributed by atoms with Gasteiger partial charge in [0.1, 0.15) is 5.84 Å². The number of hydrogen-bond acceptors (Lipinski definition) is 2. The van der Waals surface area contributed by atoms with E-state index in [2.05, 4.69) is 120 Å². The van der Waals surface area contributed by atoms with E-state index in [0.29, 0.717) is 0 Å². The molecule has 2 nitrogen and oxygen atoms in total. The Hall–Kier alpha value is -2.26. The van der Waals surface area contributed by atoms with Gasteiger partial charge in [0.15, 0.2) is 0 Å². The summed E-state index contributed by atoms with van der Waals surface area (Å²) in [6.07, 6.45) is 1.17. The Labute approximate surface area is 225 Å². The van der Waals surface area contributed by atoms with Gasteiger partial charge in [-0.15, -0.1) is 34.0 Å². The topological polar surface area (TPSA) is 24.4 Å². The van der Waals surface area contributed by atoms with Crippen LogP contribution in [0.1, 0.15) is 12.5 Å². The number of nitrogens with one attached hydrogen (secondary N) is 1. The zero-order chi connectivity index (χ0) is 22.1. The SMILES string of the molecule is Br.Br.CC[PH](c1ccccc1)(c1ccccc1)c1ccccc1.c1ccc(C2=NCCN2)cc1. The van der Waals surface area contributed by atoms with Crippen molar-refractivity contribution in [2.45, 2.75) is 6.92 Å². The van der Waals surface area contributed by atoms with Gasteiger partial charge in [0.05, 0.1) is 6.54 Å². The molecule has 0 radical (unpaired) electrons. The van der Waals surface area contributed by atoms with Crippen LogP contribution in [-0.4, -0.2) is 25.1 Å². The minimum Gasteiger partial charge on any atom is -0.368 e. The molecule has 0 bridgehead atoms. The molecular weight excluding hydrogens is 567 g/mol. The van der Waals surface area contributed by atoms with Crippen LogP contribution in [-0.2, 0) is 0 Å². The second kappa shape index (κ2) is 14.2. The fourth-order valence-electron chi connectivity index (χ4n) is 4.47. The van der Waals surface area contributed by atoms with E-state index in [1.165, 1.54) is 27.6 Å². The molecule has 0 saturated carbocycles. The second-order valence-electron chi connectivity index (χ2n) is 7.88. The molecule has 0 saturated heterocycles. The van der Waals surface area contributed by atoms with Crippen LogP contribution in [0.5, 0.6) is 0 Å². The Morgan fingerprint density at radius 2 is 1.00 bits per heavy atom. The summed E-state index contributed by atoms with van der Waals surface area (Å²) >= 11 is 0. The van der Waals surface area contributed by atoms with Gasteiger partial charge < -0.3 is 5.32 Å². The molecule has 1 aliphatic heterocycles. The van der Waals surface area contributed by atoms with Crippen molar-refractivity contribution in [2.75, 3.05) is 19.3 Å². The number of aliphatic imine (C=N–C) groups is 1. The minimum absolute atomic E-state index is 0. The number of hydrogen-bond donors (Lipinski definition) is 1. The molecule has 0 atom stereocenters. The van der Waals surface area contributed by atoms with E-state index in [1.807, 2.05) is 18.2 Å². The Morgan fingerprint density at radius 1 is 0.618 bits per heavy atom. The fourth-order valence-corrected chi connectivity index (χ4v) is 8.98. The van der Waals surface area contributed by atoms with Crippen molar-refractivity contribution >= 4 is 63.0 Å². The van der Waals surface area contributed by atoms with Gasteiger partial charge >= 0.3 is 127 Å². The molecule has 0 unspecified atom stereocenters. The maximum absolute atomic E-state index is 4.31. The Morgan fingerprint density at radius 3 is 1.32 bits per heavy atom. The summed E-state index contributed by atoms with van der Waals surface area (Å²) in [7, 11) is -1.90. The van der Waals surface area contributed by atoms with E-state index in [-0.39, 0.29) is 34.0 Å². The van der Waals surface area contributed by atoms with Gasteiger partial charge in [0.2, 0.25) is 0 Å². The normalized spacial score (nSPS) is 12.6. The van der Waals surface area contributed by atoms with Crippen LogP contribution in [0.15, 0.2) is 126 Å². The third kappa shape index (κ3) is 6.44. The van der Waals surface area contributed by atoms with Gasteiger partial charge in [0.25, 0.3) is 0 Å². The summed E-state index contributed by atoms with van der Waals surface area (Å²) < 4.78 is 0. The molecule has 0 aliphatic carbocycles. The Bertz CT molecular complexity index is 1030. The monoisotopic (exact) mass is 598 g/mol. The molecular formula is C29H33Br2N2P. The van der Waals surface area contributed by atoms with Gasteiger partial charge in [-0.3, -0.25) is 4.99 Å². The minimum atomic E-state index is -1.90. The maximum atomic E-state index is 4.31. The van der Waals surface area contributed by atoms with Crippen molar-refractivity contribution in [3.63, 3.8) is 0 Å². The summed E-state index contributed by atoms with van der Waals surface area (Å²) in [5.74, 6) is 1.03. The first-order chi connectivity index (χ1) is 15.8. The number of rotatable bonds is 5. The van der Waals surface area contributed by atoms with Crippen molar-refractivity contribution in [3.05, 3.63) is 127 Å². The first kappa shape index (κ1) is 28.0. The van der Waals surface area contributed by atoms with E-state index in [4.69, 9.17) is 0 Å². The van der Waals surface area contributed by atoms with E-state index < -0.39 is 7.26 Å². The fraction of sp³-hybridized carbons (Fsp3) is 0.138. The molecule has 34 heavy (non-hydrogen) atoms. The number of amidine groups is 1. The first-order valence-electron chi connectivity index (χ1n) is 11.3. The molecule has 1 heterocycles. The van der Waals surface area contributed by atoms with Gasteiger partial charge in [-0.05, 0) is 0 Å². The van der Waals surface area contributed by atoms with Gasteiger partial charge in [-0.25, -0.2) is 0 Å².